The molecular formula is C12H13BrClN5. The minimum Gasteiger partial charge on any atom is -0.340 e. The number of nitrogen functional groups attached to an aromatic ring is 1. The average Bonchev–Trinajstić information content (AvgIpc) is 2.37. The largest absolute Gasteiger partial charge is 0.340 e. The Labute approximate surface area is 124 Å². The van der Waals surface area contributed by atoms with Crippen molar-refractivity contribution >= 4 is 44.9 Å². The summed E-state index contributed by atoms with van der Waals surface area (Å²) >= 11 is 9.41. The number of hydrazine groups is 1. The second-order valence-electron chi connectivity index (χ2n) is 3.99. The van der Waals surface area contributed by atoms with Gasteiger partial charge in [0.15, 0.2) is 0 Å². The van der Waals surface area contributed by atoms with Gasteiger partial charge in [-0.05, 0) is 48.0 Å². The highest BCUT2D eigenvalue weighted by molar-refractivity contribution is 9.10. The summed E-state index contributed by atoms with van der Waals surface area (Å²) in [5.74, 6) is 7.35. The van der Waals surface area contributed by atoms with Gasteiger partial charge in [-0.15, -0.1) is 0 Å². The standard InChI is InChI=1S/C12H13BrClN5/c1-6-11(16-7(2)17-12(6)19-15)18-8-3-4-9(13)10(14)5-8/h3-5H,15H2,1-2H3,(H2,16,17,18,19). The van der Waals surface area contributed by atoms with E-state index in [1.54, 1.807) is 6.92 Å². The van der Waals surface area contributed by atoms with Gasteiger partial charge in [0.05, 0.1) is 5.02 Å². The first-order valence-electron chi connectivity index (χ1n) is 5.55. The van der Waals surface area contributed by atoms with Gasteiger partial charge in [-0.1, -0.05) is 11.6 Å². The molecule has 0 aliphatic rings. The molecule has 0 amide bonds. The van der Waals surface area contributed by atoms with E-state index in [9.17, 15) is 0 Å². The number of nitrogens with one attached hydrogen (secondary N) is 2. The number of aryl methyl sites for hydroxylation is 1. The molecule has 4 N–H and O–H groups in total. The normalized spacial score (nSPS) is 10.4. The fraction of sp³-hybridized carbons (Fsp3) is 0.167. The van der Waals surface area contributed by atoms with Crippen LogP contribution in [-0.2, 0) is 0 Å². The topological polar surface area (TPSA) is 75.9 Å². The van der Waals surface area contributed by atoms with Crippen LogP contribution in [0, 0.1) is 13.8 Å². The lowest BCUT2D eigenvalue weighted by atomic mass is 10.2. The van der Waals surface area contributed by atoms with Crippen molar-refractivity contribution in [3.05, 3.63) is 39.1 Å². The van der Waals surface area contributed by atoms with Crippen molar-refractivity contribution in [3.8, 4) is 0 Å². The molecule has 1 aromatic carbocycles. The molecule has 0 atom stereocenters. The minimum absolute atomic E-state index is 0.596. The van der Waals surface area contributed by atoms with E-state index in [1.807, 2.05) is 25.1 Å². The van der Waals surface area contributed by atoms with Crippen LogP contribution >= 0.6 is 27.5 Å². The Bertz CT molecular complexity index is 617. The quantitative estimate of drug-likeness (QED) is 0.587. The van der Waals surface area contributed by atoms with Crippen LogP contribution in [0.15, 0.2) is 22.7 Å². The zero-order valence-corrected chi connectivity index (χ0v) is 12.8. The van der Waals surface area contributed by atoms with Gasteiger partial charge in [0.25, 0.3) is 0 Å². The molecule has 2 rings (SSSR count). The second-order valence-corrected chi connectivity index (χ2v) is 5.25. The van der Waals surface area contributed by atoms with E-state index in [0.717, 1.165) is 15.7 Å². The van der Waals surface area contributed by atoms with E-state index >= 15 is 0 Å². The molecule has 0 bridgehead atoms. The van der Waals surface area contributed by atoms with Gasteiger partial charge >= 0.3 is 0 Å². The Morgan fingerprint density at radius 3 is 2.53 bits per heavy atom. The summed E-state index contributed by atoms with van der Waals surface area (Å²) in [5, 5.41) is 3.83. The average molecular weight is 343 g/mol. The van der Waals surface area contributed by atoms with E-state index in [1.165, 1.54) is 0 Å². The highest BCUT2D eigenvalue weighted by atomic mass is 79.9. The summed E-state index contributed by atoms with van der Waals surface area (Å²) in [6.45, 7) is 3.69. The molecule has 0 aliphatic heterocycles. The van der Waals surface area contributed by atoms with Crippen molar-refractivity contribution < 1.29 is 0 Å². The molecule has 0 fully saturated rings. The van der Waals surface area contributed by atoms with Gasteiger partial charge in [0.1, 0.15) is 17.5 Å². The fourth-order valence-electron chi connectivity index (χ4n) is 1.60. The van der Waals surface area contributed by atoms with Crippen molar-refractivity contribution in [2.45, 2.75) is 13.8 Å². The van der Waals surface area contributed by atoms with Crippen molar-refractivity contribution in [3.63, 3.8) is 0 Å². The lowest BCUT2D eigenvalue weighted by molar-refractivity contribution is 1.03. The number of halogens is 2. The Morgan fingerprint density at radius 1 is 1.21 bits per heavy atom. The number of aromatic nitrogens is 2. The highest BCUT2D eigenvalue weighted by Crippen LogP contribution is 2.28. The molecule has 7 heteroatoms. The Kier molecular flexibility index (Phi) is 4.24. The first-order chi connectivity index (χ1) is 9.01. The number of nitrogens with two attached hydrogens (primary N) is 1. The van der Waals surface area contributed by atoms with Gasteiger partial charge < -0.3 is 10.7 Å². The molecule has 0 spiro atoms. The van der Waals surface area contributed by atoms with E-state index < -0.39 is 0 Å². The molecule has 0 saturated heterocycles. The highest BCUT2D eigenvalue weighted by Gasteiger charge is 2.09. The maximum atomic E-state index is 6.06. The van der Waals surface area contributed by atoms with Gasteiger partial charge in [0.2, 0.25) is 0 Å². The third-order valence-corrected chi connectivity index (χ3v) is 3.81. The molecule has 5 nitrogen and oxygen atoms in total. The molecular weight excluding hydrogens is 330 g/mol. The van der Waals surface area contributed by atoms with Crippen LogP contribution in [0.4, 0.5) is 17.3 Å². The molecule has 0 radical (unpaired) electrons. The first-order valence-corrected chi connectivity index (χ1v) is 6.72. The first kappa shape index (κ1) is 14.0. The number of anilines is 3. The fourth-order valence-corrected chi connectivity index (χ4v) is 2.03. The Balaban J connectivity index is 2.37. The molecule has 1 heterocycles. The Hall–Kier alpha value is -1.37. The molecule has 1 aromatic heterocycles. The van der Waals surface area contributed by atoms with Gasteiger partial charge in [0, 0.05) is 15.7 Å². The van der Waals surface area contributed by atoms with Crippen molar-refractivity contribution in [2.75, 3.05) is 10.7 Å². The maximum Gasteiger partial charge on any atom is 0.148 e. The second kappa shape index (κ2) is 5.73. The summed E-state index contributed by atoms with van der Waals surface area (Å²) in [5.41, 5.74) is 4.24. The third-order valence-electron chi connectivity index (χ3n) is 2.58. The third kappa shape index (κ3) is 3.15. The number of hydrogen-bond acceptors (Lipinski definition) is 5. The SMILES string of the molecule is Cc1nc(NN)c(C)c(Nc2ccc(Br)c(Cl)c2)n1. The van der Waals surface area contributed by atoms with E-state index in [4.69, 9.17) is 17.4 Å². The molecule has 100 valence electrons. The molecule has 2 aromatic rings. The smallest absolute Gasteiger partial charge is 0.148 e. The van der Waals surface area contributed by atoms with Crippen LogP contribution in [0.2, 0.25) is 5.02 Å². The van der Waals surface area contributed by atoms with E-state index in [2.05, 4.69) is 36.6 Å². The molecule has 0 aliphatic carbocycles. The van der Waals surface area contributed by atoms with Crippen molar-refractivity contribution in [2.24, 2.45) is 5.84 Å². The number of hydrogen-bond donors (Lipinski definition) is 3. The summed E-state index contributed by atoms with van der Waals surface area (Å²) in [6.07, 6.45) is 0. The van der Waals surface area contributed by atoms with Gasteiger partial charge in [-0.2, -0.15) is 0 Å². The molecule has 19 heavy (non-hydrogen) atoms. The van der Waals surface area contributed by atoms with E-state index in [-0.39, 0.29) is 0 Å². The summed E-state index contributed by atoms with van der Waals surface area (Å²) in [4.78, 5) is 8.56. The van der Waals surface area contributed by atoms with Crippen LogP contribution < -0.4 is 16.6 Å². The Morgan fingerprint density at radius 2 is 1.89 bits per heavy atom. The molecule has 0 saturated carbocycles. The zero-order chi connectivity index (χ0) is 14.0. The predicted octanol–water partition coefficient (Wildman–Crippen LogP) is 3.54. The van der Waals surface area contributed by atoms with Crippen LogP contribution in [0.1, 0.15) is 11.4 Å². The lowest BCUT2D eigenvalue weighted by Gasteiger charge is -2.12. The zero-order valence-electron chi connectivity index (χ0n) is 10.5. The maximum absolute atomic E-state index is 6.06. The van der Waals surface area contributed by atoms with Gasteiger partial charge in [-0.25, -0.2) is 15.8 Å². The van der Waals surface area contributed by atoms with Crippen LogP contribution in [-0.4, -0.2) is 9.97 Å². The van der Waals surface area contributed by atoms with Crippen LogP contribution in [0.5, 0.6) is 0 Å². The summed E-state index contributed by atoms with van der Waals surface area (Å²) in [6, 6.07) is 5.59. The van der Waals surface area contributed by atoms with Gasteiger partial charge in [-0.3, -0.25) is 0 Å². The van der Waals surface area contributed by atoms with Crippen LogP contribution in [0.3, 0.4) is 0 Å². The number of rotatable bonds is 3. The molecule has 0 unspecified atom stereocenters. The van der Waals surface area contributed by atoms with E-state index in [0.29, 0.717) is 22.5 Å². The minimum atomic E-state index is 0.596. The number of nitrogens with zero attached hydrogens (tertiary/aromatic N) is 2. The monoisotopic (exact) mass is 341 g/mol. The summed E-state index contributed by atoms with van der Waals surface area (Å²) < 4.78 is 0.847. The number of benzene rings is 1. The lowest BCUT2D eigenvalue weighted by Crippen LogP contribution is -2.13. The predicted molar refractivity (Wildman–Crippen MR) is 81.8 cm³/mol. The van der Waals surface area contributed by atoms with Crippen LogP contribution in [0.25, 0.3) is 0 Å². The summed E-state index contributed by atoms with van der Waals surface area (Å²) in [7, 11) is 0. The van der Waals surface area contributed by atoms with Crippen molar-refractivity contribution in [1.82, 2.24) is 9.97 Å². The van der Waals surface area contributed by atoms with Crippen molar-refractivity contribution in [1.29, 1.82) is 0 Å².